The molecular formula is C14H14N2O4. The third kappa shape index (κ3) is 2.54. The second-order valence-corrected chi connectivity index (χ2v) is 4.22. The minimum absolute atomic E-state index is 0.0208. The number of aromatic nitrogens is 1. The number of benzene rings is 1. The van der Waals surface area contributed by atoms with Gasteiger partial charge >= 0.3 is 5.97 Å². The predicted octanol–water partition coefficient (Wildman–Crippen LogP) is 2.35. The van der Waals surface area contributed by atoms with E-state index < -0.39 is 11.9 Å². The Morgan fingerprint density at radius 1 is 1.35 bits per heavy atom. The Morgan fingerprint density at radius 2 is 2.05 bits per heavy atom. The molecular weight excluding hydrogens is 260 g/mol. The molecule has 0 aliphatic carbocycles. The van der Waals surface area contributed by atoms with Crippen molar-refractivity contribution >= 4 is 17.6 Å². The van der Waals surface area contributed by atoms with Gasteiger partial charge in [0.1, 0.15) is 0 Å². The quantitative estimate of drug-likeness (QED) is 0.925. The molecule has 104 valence electrons. The SMILES string of the molecule is CCN(C(=O)c1cc(C(=O)O)on1)c1ccccc1C. The van der Waals surface area contributed by atoms with Gasteiger partial charge in [0.2, 0.25) is 5.76 Å². The van der Waals surface area contributed by atoms with Gasteiger partial charge in [-0.2, -0.15) is 0 Å². The van der Waals surface area contributed by atoms with Crippen molar-refractivity contribution in [2.45, 2.75) is 13.8 Å². The summed E-state index contributed by atoms with van der Waals surface area (Å²) in [6, 6.07) is 8.58. The molecule has 6 nitrogen and oxygen atoms in total. The molecule has 0 atom stereocenters. The van der Waals surface area contributed by atoms with E-state index in [1.54, 1.807) is 0 Å². The Labute approximate surface area is 115 Å². The van der Waals surface area contributed by atoms with Gasteiger partial charge in [0.15, 0.2) is 5.69 Å². The molecule has 20 heavy (non-hydrogen) atoms. The molecule has 1 heterocycles. The number of anilines is 1. The van der Waals surface area contributed by atoms with Crippen LogP contribution in [0.25, 0.3) is 0 Å². The first kappa shape index (κ1) is 13.8. The topological polar surface area (TPSA) is 83.6 Å². The van der Waals surface area contributed by atoms with Crippen molar-refractivity contribution < 1.29 is 19.2 Å². The molecule has 0 radical (unpaired) electrons. The molecule has 1 aromatic heterocycles. The second kappa shape index (κ2) is 5.56. The van der Waals surface area contributed by atoms with Crippen molar-refractivity contribution in [2.75, 3.05) is 11.4 Å². The maximum atomic E-state index is 12.4. The molecule has 0 fully saturated rings. The largest absolute Gasteiger partial charge is 0.475 e. The van der Waals surface area contributed by atoms with E-state index in [4.69, 9.17) is 5.11 Å². The van der Waals surface area contributed by atoms with Gasteiger partial charge in [-0.05, 0) is 25.5 Å². The fourth-order valence-electron chi connectivity index (χ4n) is 1.90. The van der Waals surface area contributed by atoms with Gasteiger partial charge in [0.05, 0.1) is 0 Å². The zero-order valence-electron chi connectivity index (χ0n) is 11.2. The Bertz CT molecular complexity index is 648. The summed E-state index contributed by atoms with van der Waals surface area (Å²) >= 11 is 0. The van der Waals surface area contributed by atoms with E-state index in [1.807, 2.05) is 38.1 Å². The van der Waals surface area contributed by atoms with Gasteiger partial charge in [0, 0.05) is 18.3 Å². The fourth-order valence-corrected chi connectivity index (χ4v) is 1.90. The molecule has 1 N–H and O–H groups in total. The Hall–Kier alpha value is -2.63. The summed E-state index contributed by atoms with van der Waals surface area (Å²) < 4.78 is 4.61. The van der Waals surface area contributed by atoms with E-state index in [9.17, 15) is 9.59 Å². The predicted molar refractivity (Wildman–Crippen MR) is 72.0 cm³/mol. The van der Waals surface area contributed by atoms with Crippen molar-refractivity contribution in [3.8, 4) is 0 Å². The van der Waals surface area contributed by atoms with Crippen LogP contribution in [0.1, 0.15) is 33.5 Å². The third-order valence-corrected chi connectivity index (χ3v) is 2.91. The molecule has 2 rings (SSSR count). The number of carbonyl (C=O) groups excluding carboxylic acids is 1. The maximum absolute atomic E-state index is 12.4. The van der Waals surface area contributed by atoms with Gasteiger partial charge in [-0.25, -0.2) is 4.79 Å². The lowest BCUT2D eigenvalue weighted by Crippen LogP contribution is -2.31. The number of nitrogens with zero attached hydrogens (tertiary/aromatic N) is 2. The zero-order valence-corrected chi connectivity index (χ0v) is 11.2. The number of rotatable bonds is 4. The summed E-state index contributed by atoms with van der Waals surface area (Å²) in [6.07, 6.45) is 0. The smallest absolute Gasteiger partial charge is 0.374 e. The van der Waals surface area contributed by atoms with Crippen LogP contribution < -0.4 is 4.90 Å². The van der Waals surface area contributed by atoms with Gasteiger partial charge in [-0.1, -0.05) is 23.4 Å². The Balaban J connectivity index is 2.34. The van der Waals surface area contributed by atoms with Crippen molar-refractivity contribution in [1.82, 2.24) is 5.16 Å². The van der Waals surface area contributed by atoms with Crippen LogP contribution in [0, 0.1) is 6.92 Å². The number of carbonyl (C=O) groups is 2. The molecule has 0 unspecified atom stereocenters. The zero-order chi connectivity index (χ0) is 14.7. The molecule has 1 aromatic carbocycles. The van der Waals surface area contributed by atoms with Crippen LogP contribution >= 0.6 is 0 Å². The minimum Gasteiger partial charge on any atom is -0.475 e. The van der Waals surface area contributed by atoms with Crippen molar-refractivity contribution in [3.63, 3.8) is 0 Å². The fraction of sp³-hybridized carbons (Fsp3) is 0.214. The second-order valence-electron chi connectivity index (χ2n) is 4.22. The number of carboxylic acid groups (broad SMARTS) is 1. The van der Waals surface area contributed by atoms with Crippen LogP contribution in [-0.2, 0) is 0 Å². The highest BCUT2D eigenvalue weighted by Gasteiger charge is 2.22. The van der Waals surface area contributed by atoms with Crippen molar-refractivity contribution in [1.29, 1.82) is 0 Å². The standard InChI is InChI=1S/C14H14N2O4/c1-3-16(11-7-5-4-6-9(11)2)13(17)10-8-12(14(18)19)20-15-10/h4-8H,3H2,1-2H3,(H,18,19). The summed E-state index contributed by atoms with van der Waals surface area (Å²) in [5.74, 6) is -2.00. The maximum Gasteiger partial charge on any atom is 0.374 e. The average Bonchev–Trinajstić information content (AvgIpc) is 2.91. The van der Waals surface area contributed by atoms with Crippen LogP contribution in [0.3, 0.4) is 0 Å². The lowest BCUT2D eigenvalue weighted by molar-refractivity contribution is 0.0651. The van der Waals surface area contributed by atoms with E-state index >= 15 is 0 Å². The lowest BCUT2D eigenvalue weighted by atomic mass is 10.1. The first-order valence-corrected chi connectivity index (χ1v) is 6.12. The van der Waals surface area contributed by atoms with Gasteiger partial charge in [-0.15, -0.1) is 0 Å². The average molecular weight is 274 g/mol. The summed E-state index contributed by atoms with van der Waals surface area (Å²) in [7, 11) is 0. The molecule has 2 aromatic rings. The van der Waals surface area contributed by atoms with Crippen molar-refractivity contribution in [2.24, 2.45) is 0 Å². The van der Waals surface area contributed by atoms with Gasteiger partial charge < -0.3 is 14.5 Å². The molecule has 0 saturated carbocycles. The minimum atomic E-state index is -1.25. The molecule has 0 spiro atoms. The number of amides is 1. The third-order valence-electron chi connectivity index (χ3n) is 2.91. The molecule has 0 aliphatic heterocycles. The molecule has 0 saturated heterocycles. The van der Waals surface area contributed by atoms with Gasteiger partial charge in [-0.3, -0.25) is 4.79 Å². The molecule has 0 bridgehead atoms. The molecule has 6 heteroatoms. The number of para-hydroxylation sites is 1. The van der Waals surface area contributed by atoms with Crippen LogP contribution in [0.5, 0.6) is 0 Å². The molecule has 0 aliphatic rings. The normalized spacial score (nSPS) is 10.3. The highest BCUT2D eigenvalue weighted by atomic mass is 16.5. The van der Waals surface area contributed by atoms with Crippen LogP contribution in [0.4, 0.5) is 5.69 Å². The number of aryl methyl sites for hydroxylation is 1. The summed E-state index contributed by atoms with van der Waals surface area (Å²) in [4.78, 5) is 24.6. The van der Waals surface area contributed by atoms with Crippen LogP contribution in [0.15, 0.2) is 34.9 Å². The van der Waals surface area contributed by atoms with E-state index in [1.165, 1.54) is 4.90 Å². The summed E-state index contributed by atoms with van der Waals surface area (Å²) in [6.45, 7) is 4.18. The highest BCUT2D eigenvalue weighted by molar-refractivity contribution is 6.05. The Kier molecular flexibility index (Phi) is 3.84. The summed E-state index contributed by atoms with van der Waals surface area (Å²) in [5.41, 5.74) is 1.69. The highest BCUT2D eigenvalue weighted by Crippen LogP contribution is 2.21. The van der Waals surface area contributed by atoms with Crippen LogP contribution in [-0.4, -0.2) is 28.7 Å². The summed E-state index contributed by atoms with van der Waals surface area (Å²) in [5, 5.41) is 12.3. The number of aromatic carboxylic acids is 1. The number of hydrogen-bond acceptors (Lipinski definition) is 4. The lowest BCUT2D eigenvalue weighted by Gasteiger charge is -2.21. The van der Waals surface area contributed by atoms with Crippen LogP contribution in [0.2, 0.25) is 0 Å². The number of hydrogen-bond donors (Lipinski definition) is 1. The van der Waals surface area contributed by atoms with E-state index in [-0.39, 0.29) is 11.5 Å². The first-order chi connectivity index (χ1) is 9.54. The first-order valence-electron chi connectivity index (χ1n) is 6.12. The molecule has 1 amide bonds. The van der Waals surface area contributed by atoms with E-state index in [2.05, 4.69) is 9.68 Å². The number of carboxylic acids is 1. The van der Waals surface area contributed by atoms with E-state index in [0.29, 0.717) is 6.54 Å². The van der Waals surface area contributed by atoms with E-state index in [0.717, 1.165) is 17.3 Å². The Morgan fingerprint density at radius 3 is 2.60 bits per heavy atom. The van der Waals surface area contributed by atoms with Crippen molar-refractivity contribution in [3.05, 3.63) is 47.3 Å². The van der Waals surface area contributed by atoms with Gasteiger partial charge in [0.25, 0.3) is 5.91 Å². The monoisotopic (exact) mass is 274 g/mol.